The number of nitrogens with one attached hydrogen (secondary N) is 1. The van der Waals surface area contributed by atoms with Crippen molar-refractivity contribution in [1.29, 1.82) is 0 Å². The van der Waals surface area contributed by atoms with Crippen molar-refractivity contribution < 1.29 is 8.78 Å². The predicted molar refractivity (Wildman–Crippen MR) is 129 cm³/mol. The average molecular weight is 462 g/mol. The molecule has 7 nitrogen and oxygen atoms in total. The summed E-state index contributed by atoms with van der Waals surface area (Å²) in [7, 11) is 0. The molecule has 0 aliphatic carbocycles. The summed E-state index contributed by atoms with van der Waals surface area (Å²) in [4.78, 5) is 21.7. The quantitative estimate of drug-likeness (QED) is 0.467. The van der Waals surface area contributed by atoms with E-state index in [0.717, 1.165) is 44.6 Å². The van der Waals surface area contributed by atoms with Crippen LogP contribution in [0.2, 0.25) is 0 Å². The van der Waals surface area contributed by atoms with Gasteiger partial charge in [-0.25, -0.2) is 23.7 Å². The van der Waals surface area contributed by atoms with Crippen molar-refractivity contribution in [2.45, 2.75) is 13.8 Å². The number of pyridine rings is 2. The maximum Gasteiger partial charge on any atom is 0.229 e. The zero-order chi connectivity index (χ0) is 23.7. The summed E-state index contributed by atoms with van der Waals surface area (Å²) in [6, 6.07) is 10.3. The molecule has 4 heterocycles. The van der Waals surface area contributed by atoms with Gasteiger partial charge in [-0.15, -0.1) is 0 Å². The van der Waals surface area contributed by atoms with E-state index < -0.39 is 11.6 Å². The van der Waals surface area contributed by atoms with Crippen LogP contribution in [0, 0.1) is 18.6 Å². The van der Waals surface area contributed by atoms with Gasteiger partial charge in [0.2, 0.25) is 5.95 Å². The normalized spacial score (nSPS) is 14.5. The standard InChI is InChI=1S/C25H25F2N7/c1-3-33-8-10-34(11-9-33)19-6-7-22(28-14-19)31-25-29-15-21(27)24(32-25)18-12-17-5-4-16(2)30-23(17)20(26)13-18/h4-7,12-15H,3,8-11H2,1-2H3,(H,28,29,31,32). The lowest BCUT2D eigenvalue weighted by molar-refractivity contribution is 0.271. The Hall–Kier alpha value is -3.72. The van der Waals surface area contributed by atoms with Crippen LogP contribution < -0.4 is 10.2 Å². The van der Waals surface area contributed by atoms with Crippen molar-refractivity contribution >= 4 is 28.4 Å². The summed E-state index contributed by atoms with van der Waals surface area (Å²) < 4.78 is 29.3. The van der Waals surface area contributed by atoms with Crippen LogP contribution in [0.25, 0.3) is 22.2 Å². The van der Waals surface area contributed by atoms with Crippen LogP contribution in [-0.2, 0) is 0 Å². The number of aryl methyl sites for hydroxylation is 1. The SMILES string of the molecule is CCN1CCN(c2ccc(Nc3ncc(F)c(-c4cc(F)c5nc(C)ccc5c4)n3)nc2)CC1. The number of aromatic nitrogens is 4. The molecule has 0 amide bonds. The number of fused-ring (bicyclic) bond motifs is 1. The number of hydrogen-bond donors (Lipinski definition) is 1. The molecule has 34 heavy (non-hydrogen) atoms. The van der Waals surface area contributed by atoms with Gasteiger partial charge < -0.3 is 15.1 Å². The van der Waals surface area contributed by atoms with Gasteiger partial charge in [-0.2, -0.15) is 0 Å². The van der Waals surface area contributed by atoms with E-state index in [4.69, 9.17) is 0 Å². The van der Waals surface area contributed by atoms with Gasteiger partial charge in [0.15, 0.2) is 5.82 Å². The molecule has 0 bridgehead atoms. The van der Waals surface area contributed by atoms with Crippen LogP contribution in [0.1, 0.15) is 12.6 Å². The number of anilines is 3. The Bertz CT molecular complexity index is 1320. The summed E-state index contributed by atoms with van der Waals surface area (Å²) >= 11 is 0. The Morgan fingerprint density at radius 1 is 0.912 bits per heavy atom. The van der Waals surface area contributed by atoms with Gasteiger partial charge in [0, 0.05) is 42.8 Å². The topological polar surface area (TPSA) is 70.1 Å². The van der Waals surface area contributed by atoms with Crippen molar-refractivity contribution in [3.05, 3.63) is 66.1 Å². The van der Waals surface area contributed by atoms with Gasteiger partial charge >= 0.3 is 0 Å². The van der Waals surface area contributed by atoms with Crippen LogP contribution in [0.15, 0.2) is 48.8 Å². The molecular weight excluding hydrogens is 436 g/mol. The monoisotopic (exact) mass is 461 g/mol. The summed E-state index contributed by atoms with van der Waals surface area (Å²) in [6.07, 6.45) is 2.88. The van der Waals surface area contributed by atoms with Gasteiger partial charge in [0.25, 0.3) is 0 Å². The highest BCUT2D eigenvalue weighted by molar-refractivity contribution is 5.84. The maximum absolute atomic E-state index is 14.7. The van der Waals surface area contributed by atoms with Crippen LogP contribution in [0.3, 0.4) is 0 Å². The second kappa shape index (κ2) is 9.26. The summed E-state index contributed by atoms with van der Waals surface area (Å²) in [5.41, 5.74) is 2.33. The summed E-state index contributed by atoms with van der Waals surface area (Å²) in [5, 5.41) is 3.59. The fraction of sp³-hybridized carbons (Fsp3) is 0.280. The molecule has 1 aliphatic rings. The Kier molecular flexibility index (Phi) is 6.02. The van der Waals surface area contributed by atoms with E-state index in [1.807, 2.05) is 18.3 Å². The third kappa shape index (κ3) is 4.51. The molecule has 174 valence electrons. The van der Waals surface area contributed by atoms with E-state index in [1.165, 1.54) is 6.07 Å². The van der Waals surface area contributed by atoms with Gasteiger partial charge in [-0.05, 0) is 43.8 Å². The number of halogens is 2. The fourth-order valence-corrected chi connectivity index (χ4v) is 4.14. The van der Waals surface area contributed by atoms with Gasteiger partial charge in [-0.1, -0.05) is 13.0 Å². The highest BCUT2D eigenvalue weighted by atomic mass is 19.1. The molecule has 4 aromatic rings. The number of piperazine rings is 1. The number of nitrogens with zero attached hydrogens (tertiary/aromatic N) is 6. The minimum absolute atomic E-state index is 0.00397. The maximum atomic E-state index is 14.7. The average Bonchev–Trinajstić information content (AvgIpc) is 2.86. The van der Waals surface area contributed by atoms with Crippen LogP contribution >= 0.6 is 0 Å². The summed E-state index contributed by atoms with van der Waals surface area (Å²) in [6.45, 7) is 9.03. The predicted octanol–water partition coefficient (Wildman–Crippen LogP) is 4.56. The number of benzene rings is 1. The van der Waals surface area contributed by atoms with Crippen LogP contribution in [0.4, 0.5) is 26.2 Å². The van der Waals surface area contributed by atoms with E-state index >= 15 is 0 Å². The van der Waals surface area contributed by atoms with Crippen LogP contribution in [0.5, 0.6) is 0 Å². The first-order valence-electron chi connectivity index (χ1n) is 11.3. The molecule has 1 aliphatic heterocycles. The number of hydrogen-bond acceptors (Lipinski definition) is 7. The van der Waals surface area contributed by atoms with Crippen molar-refractivity contribution in [3.8, 4) is 11.3 Å². The Morgan fingerprint density at radius 3 is 2.47 bits per heavy atom. The molecule has 9 heteroatoms. The lowest BCUT2D eigenvalue weighted by Gasteiger charge is -2.35. The molecule has 0 atom stereocenters. The lowest BCUT2D eigenvalue weighted by atomic mass is 10.1. The first-order valence-corrected chi connectivity index (χ1v) is 11.3. The first-order chi connectivity index (χ1) is 16.5. The second-order valence-corrected chi connectivity index (χ2v) is 8.32. The van der Waals surface area contributed by atoms with E-state index in [0.29, 0.717) is 22.5 Å². The highest BCUT2D eigenvalue weighted by Crippen LogP contribution is 2.28. The fourth-order valence-electron chi connectivity index (χ4n) is 4.14. The van der Waals surface area contributed by atoms with Gasteiger partial charge in [0.05, 0.1) is 18.1 Å². The minimum Gasteiger partial charge on any atom is -0.368 e. The minimum atomic E-state index is -0.640. The molecule has 0 unspecified atom stereocenters. The Balaban J connectivity index is 1.36. The zero-order valence-electron chi connectivity index (χ0n) is 19.1. The zero-order valence-corrected chi connectivity index (χ0v) is 19.1. The molecule has 0 saturated carbocycles. The van der Waals surface area contributed by atoms with Crippen molar-refractivity contribution in [2.75, 3.05) is 42.9 Å². The molecule has 1 fully saturated rings. The molecule has 0 spiro atoms. The van der Waals surface area contributed by atoms with Crippen molar-refractivity contribution in [3.63, 3.8) is 0 Å². The van der Waals surface area contributed by atoms with E-state index in [-0.39, 0.29) is 17.2 Å². The molecule has 1 saturated heterocycles. The molecule has 5 rings (SSSR count). The van der Waals surface area contributed by atoms with Gasteiger partial charge in [0.1, 0.15) is 22.8 Å². The van der Waals surface area contributed by atoms with E-state index in [1.54, 1.807) is 25.1 Å². The smallest absolute Gasteiger partial charge is 0.229 e. The van der Waals surface area contributed by atoms with Crippen molar-refractivity contribution in [2.24, 2.45) is 0 Å². The number of rotatable bonds is 5. The largest absolute Gasteiger partial charge is 0.368 e. The third-order valence-electron chi connectivity index (χ3n) is 6.08. The molecule has 1 aromatic carbocycles. The highest BCUT2D eigenvalue weighted by Gasteiger charge is 2.17. The van der Waals surface area contributed by atoms with Gasteiger partial charge in [-0.3, -0.25) is 4.98 Å². The van der Waals surface area contributed by atoms with Crippen molar-refractivity contribution in [1.82, 2.24) is 24.8 Å². The van der Waals surface area contributed by atoms with E-state index in [2.05, 4.69) is 42.0 Å². The number of likely N-dealkylation sites (N-methyl/N-ethyl adjacent to an activating group) is 1. The summed E-state index contributed by atoms with van der Waals surface area (Å²) in [5.74, 6) is -0.451. The first kappa shape index (κ1) is 22.1. The third-order valence-corrected chi connectivity index (χ3v) is 6.08. The molecular formula is C25H25F2N7. The van der Waals surface area contributed by atoms with Crippen LogP contribution in [-0.4, -0.2) is 57.6 Å². The Morgan fingerprint density at radius 2 is 1.74 bits per heavy atom. The Labute approximate surface area is 196 Å². The molecule has 3 aromatic heterocycles. The molecule has 1 N–H and O–H groups in total. The lowest BCUT2D eigenvalue weighted by Crippen LogP contribution is -2.46. The molecule has 0 radical (unpaired) electrons. The van der Waals surface area contributed by atoms with E-state index in [9.17, 15) is 8.78 Å². The second-order valence-electron chi connectivity index (χ2n) is 8.32.